The number of aromatic nitrogens is 5. The van der Waals surface area contributed by atoms with Crippen molar-refractivity contribution in [2.75, 3.05) is 13.2 Å². The Labute approximate surface area is 191 Å². The first-order valence-corrected chi connectivity index (χ1v) is 11.0. The highest BCUT2D eigenvalue weighted by Crippen LogP contribution is 2.36. The highest BCUT2D eigenvalue weighted by molar-refractivity contribution is 5.98. The monoisotopic (exact) mass is 444 g/mol. The number of hydrogen-bond donors (Lipinski definition) is 0. The maximum Gasteiger partial charge on any atom is 0.256 e. The Morgan fingerprint density at radius 2 is 2.00 bits per heavy atom. The van der Waals surface area contributed by atoms with Crippen LogP contribution in [0.2, 0.25) is 0 Å². The fourth-order valence-corrected chi connectivity index (χ4v) is 3.85. The molecule has 9 heteroatoms. The third kappa shape index (κ3) is 3.97. The summed E-state index contributed by atoms with van der Waals surface area (Å²) in [5.74, 6) is 1.47. The zero-order valence-corrected chi connectivity index (χ0v) is 18.5. The Bertz CT molecular complexity index is 1270. The fraction of sp³-hybridized carbons (Fsp3) is 0.292. The number of benzene rings is 2. The zero-order valence-electron chi connectivity index (χ0n) is 18.5. The van der Waals surface area contributed by atoms with Gasteiger partial charge in [-0.2, -0.15) is 20.0 Å². The standard InChI is InChI=1S/C24H24N6O3/c1-3-14-32-21-7-5-4-6-17(21)22-27-23(33-28-22)20-10-13-29(20)24(31)18-15-16(2)8-9-19(18)30-25-11-12-26-30/h4-9,11-12,15,20H,3,10,13-14H2,1-2H3/t20-/m0/s1. The number of hydrogen-bond acceptors (Lipinski definition) is 7. The van der Waals surface area contributed by atoms with Crippen LogP contribution in [0.3, 0.4) is 0 Å². The zero-order chi connectivity index (χ0) is 22.8. The maximum atomic E-state index is 13.5. The van der Waals surface area contributed by atoms with Crippen LogP contribution in [-0.4, -0.2) is 49.1 Å². The summed E-state index contributed by atoms with van der Waals surface area (Å²) in [7, 11) is 0. The second-order valence-corrected chi connectivity index (χ2v) is 7.94. The van der Waals surface area contributed by atoms with Gasteiger partial charge in [0.15, 0.2) is 0 Å². The van der Waals surface area contributed by atoms with E-state index in [1.54, 1.807) is 17.3 Å². The summed E-state index contributed by atoms with van der Waals surface area (Å²) in [6, 6.07) is 13.0. The average Bonchev–Trinajstić information content (AvgIpc) is 3.50. The van der Waals surface area contributed by atoms with Crippen molar-refractivity contribution in [3.63, 3.8) is 0 Å². The van der Waals surface area contributed by atoms with Crippen LogP contribution in [0, 0.1) is 6.92 Å². The van der Waals surface area contributed by atoms with Crippen LogP contribution in [0.25, 0.3) is 17.1 Å². The molecule has 1 aliphatic heterocycles. The van der Waals surface area contributed by atoms with Gasteiger partial charge in [0.1, 0.15) is 11.8 Å². The highest BCUT2D eigenvalue weighted by atomic mass is 16.5. The van der Waals surface area contributed by atoms with Crippen molar-refractivity contribution in [2.24, 2.45) is 0 Å². The van der Waals surface area contributed by atoms with Crippen molar-refractivity contribution >= 4 is 5.91 Å². The van der Waals surface area contributed by atoms with Gasteiger partial charge in [0.2, 0.25) is 11.7 Å². The largest absolute Gasteiger partial charge is 0.493 e. The van der Waals surface area contributed by atoms with Gasteiger partial charge in [0.05, 0.1) is 35.8 Å². The van der Waals surface area contributed by atoms with Crippen molar-refractivity contribution < 1.29 is 14.1 Å². The van der Waals surface area contributed by atoms with E-state index in [9.17, 15) is 4.79 Å². The van der Waals surface area contributed by atoms with E-state index in [1.165, 1.54) is 4.80 Å². The number of amides is 1. The average molecular weight is 444 g/mol. The maximum absolute atomic E-state index is 13.5. The summed E-state index contributed by atoms with van der Waals surface area (Å²) >= 11 is 0. The predicted molar refractivity (Wildman–Crippen MR) is 120 cm³/mol. The summed E-state index contributed by atoms with van der Waals surface area (Å²) in [4.78, 5) is 21.3. The lowest BCUT2D eigenvalue weighted by Crippen LogP contribution is -2.45. The SMILES string of the molecule is CCCOc1ccccc1-c1noc([C@@H]2CCN2C(=O)c2cc(C)ccc2-n2nccn2)n1. The molecule has 3 heterocycles. The molecule has 4 aromatic rings. The molecular formula is C24H24N6O3. The number of aryl methyl sites for hydroxylation is 1. The third-order valence-corrected chi connectivity index (χ3v) is 5.61. The molecule has 2 aromatic heterocycles. The van der Waals surface area contributed by atoms with Crippen LogP contribution in [0.1, 0.15) is 47.6 Å². The molecule has 33 heavy (non-hydrogen) atoms. The van der Waals surface area contributed by atoms with E-state index in [0.29, 0.717) is 41.9 Å². The highest BCUT2D eigenvalue weighted by Gasteiger charge is 2.39. The number of carbonyl (C=O) groups is 1. The summed E-state index contributed by atoms with van der Waals surface area (Å²) in [5.41, 5.74) is 2.92. The molecule has 2 aromatic carbocycles. The molecule has 1 amide bonds. The van der Waals surface area contributed by atoms with Crippen molar-refractivity contribution in [1.29, 1.82) is 0 Å². The normalized spacial score (nSPS) is 15.3. The molecule has 1 saturated heterocycles. The van der Waals surface area contributed by atoms with Gasteiger partial charge in [0, 0.05) is 6.54 Å². The van der Waals surface area contributed by atoms with Crippen LogP contribution < -0.4 is 4.74 Å². The quantitative estimate of drug-likeness (QED) is 0.425. The molecule has 0 radical (unpaired) electrons. The van der Waals surface area contributed by atoms with Crippen molar-refractivity contribution in [1.82, 2.24) is 30.0 Å². The van der Waals surface area contributed by atoms with E-state index in [-0.39, 0.29) is 11.9 Å². The lowest BCUT2D eigenvalue weighted by molar-refractivity contribution is 0.0378. The molecule has 0 unspecified atom stereocenters. The second kappa shape index (κ2) is 8.85. The Morgan fingerprint density at radius 1 is 1.18 bits per heavy atom. The lowest BCUT2D eigenvalue weighted by Gasteiger charge is -2.38. The van der Waals surface area contributed by atoms with E-state index >= 15 is 0 Å². The van der Waals surface area contributed by atoms with Crippen LogP contribution >= 0.6 is 0 Å². The van der Waals surface area contributed by atoms with E-state index in [4.69, 9.17) is 9.26 Å². The van der Waals surface area contributed by atoms with E-state index < -0.39 is 0 Å². The molecule has 0 spiro atoms. The Balaban J connectivity index is 1.41. The minimum Gasteiger partial charge on any atom is -0.493 e. The molecule has 1 atom stereocenters. The van der Waals surface area contributed by atoms with Gasteiger partial charge in [-0.3, -0.25) is 4.79 Å². The third-order valence-electron chi connectivity index (χ3n) is 5.61. The van der Waals surface area contributed by atoms with Crippen LogP contribution in [0.15, 0.2) is 59.4 Å². The number of carbonyl (C=O) groups excluding carboxylic acids is 1. The number of para-hydroxylation sites is 1. The van der Waals surface area contributed by atoms with Gasteiger partial charge in [-0.15, -0.1) is 0 Å². The number of ether oxygens (including phenoxy) is 1. The summed E-state index contributed by atoms with van der Waals surface area (Å²) < 4.78 is 11.4. The van der Waals surface area contributed by atoms with E-state index in [2.05, 4.69) is 27.3 Å². The van der Waals surface area contributed by atoms with Crippen molar-refractivity contribution in [3.05, 3.63) is 71.9 Å². The molecule has 0 aliphatic carbocycles. The number of rotatable bonds is 7. The summed E-state index contributed by atoms with van der Waals surface area (Å²) in [6.07, 6.45) is 4.83. The smallest absolute Gasteiger partial charge is 0.256 e. The summed E-state index contributed by atoms with van der Waals surface area (Å²) in [5, 5.41) is 12.5. The topological polar surface area (TPSA) is 99.2 Å². The van der Waals surface area contributed by atoms with E-state index in [0.717, 1.165) is 24.0 Å². The van der Waals surface area contributed by atoms with Gasteiger partial charge >= 0.3 is 0 Å². The van der Waals surface area contributed by atoms with Gasteiger partial charge < -0.3 is 14.2 Å². The molecule has 0 N–H and O–H groups in total. The first-order chi connectivity index (χ1) is 16.2. The van der Waals surface area contributed by atoms with Crippen molar-refractivity contribution in [2.45, 2.75) is 32.7 Å². The van der Waals surface area contributed by atoms with Gasteiger partial charge in [-0.25, -0.2) is 0 Å². The van der Waals surface area contributed by atoms with Gasteiger partial charge in [0.25, 0.3) is 5.91 Å². The molecular weight excluding hydrogens is 420 g/mol. The summed E-state index contributed by atoms with van der Waals surface area (Å²) in [6.45, 7) is 5.22. The molecule has 0 saturated carbocycles. The second-order valence-electron chi connectivity index (χ2n) is 7.94. The molecule has 9 nitrogen and oxygen atoms in total. The lowest BCUT2D eigenvalue weighted by atomic mass is 9.99. The fourth-order valence-electron chi connectivity index (χ4n) is 3.85. The van der Waals surface area contributed by atoms with Crippen LogP contribution in [0.5, 0.6) is 5.75 Å². The minimum atomic E-state index is -0.276. The first kappa shape index (κ1) is 20.9. The first-order valence-electron chi connectivity index (χ1n) is 11.0. The number of nitrogens with zero attached hydrogens (tertiary/aromatic N) is 6. The molecule has 1 fully saturated rings. The minimum absolute atomic E-state index is 0.117. The molecule has 0 bridgehead atoms. The predicted octanol–water partition coefficient (Wildman–Crippen LogP) is 4.00. The van der Waals surface area contributed by atoms with Gasteiger partial charge in [-0.1, -0.05) is 35.8 Å². The Hall–Kier alpha value is -4.01. The number of likely N-dealkylation sites (tertiary alicyclic amines) is 1. The van der Waals surface area contributed by atoms with Crippen LogP contribution in [0.4, 0.5) is 0 Å². The van der Waals surface area contributed by atoms with Crippen LogP contribution in [-0.2, 0) is 0 Å². The van der Waals surface area contributed by atoms with E-state index in [1.807, 2.05) is 49.4 Å². The molecule has 5 rings (SSSR count). The van der Waals surface area contributed by atoms with Crippen molar-refractivity contribution in [3.8, 4) is 22.8 Å². The van der Waals surface area contributed by atoms with Gasteiger partial charge in [-0.05, 0) is 44.0 Å². The Morgan fingerprint density at radius 3 is 2.76 bits per heavy atom. The molecule has 1 aliphatic rings. The molecule has 168 valence electrons. The Kier molecular flexibility index (Phi) is 5.60.